The average molecular weight is 351 g/mol. The molecule has 0 fully saturated rings. The van der Waals surface area contributed by atoms with Crippen molar-refractivity contribution < 1.29 is 4.79 Å². The van der Waals surface area contributed by atoms with Gasteiger partial charge in [0.25, 0.3) is 0 Å². The lowest BCUT2D eigenvalue weighted by Gasteiger charge is -2.05. The third-order valence-electron chi connectivity index (χ3n) is 3.73. The Morgan fingerprint density at radius 3 is 2.76 bits per heavy atom. The van der Waals surface area contributed by atoms with Crippen LogP contribution in [0.2, 0.25) is 0 Å². The second-order valence-electron chi connectivity index (χ2n) is 5.89. The fourth-order valence-corrected chi connectivity index (χ4v) is 3.29. The number of nitrogens with zero attached hydrogens (tertiary/aromatic N) is 2. The second-order valence-corrected chi connectivity index (χ2v) is 6.87. The highest BCUT2D eigenvalue weighted by Gasteiger charge is 2.05. The maximum Gasteiger partial charge on any atom is 0.230 e. The van der Waals surface area contributed by atoms with Crippen molar-refractivity contribution in [1.82, 2.24) is 15.1 Å². The van der Waals surface area contributed by atoms with E-state index in [2.05, 4.69) is 41.6 Å². The summed E-state index contributed by atoms with van der Waals surface area (Å²) in [4.78, 5) is 12.0. The first kappa shape index (κ1) is 17.3. The molecule has 0 bridgehead atoms. The molecular weight excluding hydrogens is 330 g/mol. The molecule has 2 aromatic carbocycles. The number of hydrogen-bond acceptors (Lipinski definition) is 3. The van der Waals surface area contributed by atoms with Crippen molar-refractivity contribution in [2.45, 2.75) is 19.2 Å². The topological polar surface area (TPSA) is 46.9 Å². The van der Waals surface area contributed by atoms with Crippen molar-refractivity contribution >= 4 is 17.7 Å². The number of aryl methyl sites for hydroxylation is 1. The minimum absolute atomic E-state index is 0.0464. The van der Waals surface area contributed by atoms with E-state index in [4.69, 9.17) is 0 Å². The normalized spacial score (nSPS) is 10.6. The van der Waals surface area contributed by atoms with Gasteiger partial charge in [0.2, 0.25) is 5.91 Å². The zero-order valence-electron chi connectivity index (χ0n) is 14.2. The first-order valence-electron chi connectivity index (χ1n) is 8.20. The van der Waals surface area contributed by atoms with Crippen LogP contribution < -0.4 is 5.32 Å². The van der Waals surface area contributed by atoms with Gasteiger partial charge in [-0.25, -0.2) is 4.68 Å². The van der Waals surface area contributed by atoms with E-state index >= 15 is 0 Å². The molecule has 128 valence electrons. The number of thioether (sulfide) groups is 1. The molecule has 25 heavy (non-hydrogen) atoms. The van der Waals surface area contributed by atoms with Gasteiger partial charge in [0, 0.05) is 24.1 Å². The summed E-state index contributed by atoms with van der Waals surface area (Å²) in [5.41, 5.74) is 4.49. The van der Waals surface area contributed by atoms with Crippen molar-refractivity contribution in [1.29, 1.82) is 0 Å². The summed E-state index contributed by atoms with van der Waals surface area (Å²) in [5, 5.41) is 7.28. The van der Waals surface area contributed by atoms with Crippen LogP contribution in [0.1, 0.15) is 16.7 Å². The van der Waals surface area contributed by atoms with Gasteiger partial charge in [0.1, 0.15) is 0 Å². The third-order valence-corrected chi connectivity index (χ3v) is 4.73. The smallest absolute Gasteiger partial charge is 0.230 e. The molecule has 0 aliphatic heterocycles. The second kappa shape index (κ2) is 8.53. The lowest BCUT2D eigenvalue weighted by Crippen LogP contribution is -2.24. The predicted octanol–water partition coefficient (Wildman–Crippen LogP) is 3.73. The van der Waals surface area contributed by atoms with Gasteiger partial charge in [0.05, 0.1) is 17.6 Å². The summed E-state index contributed by atoms with van der Waals surface area (Å²) in [5.74, 6) is 1.35. The van der Waals surface area contributed by atoms with Crippen LogP contribution in [0.4, 0.5) is 0 Å². The molecule has 0 aliphatic carbocycles. The van der Waals surface area contributed by atoms with Gasteiger partial charge < -0.3 is 5.32 Å². The highest BCUT2D eigenvalue weighted by Crippen LogP contribution is 2.13. The van der Waals surface area contributed by atoms with E-state index in [9.17, 15) is 4.79 Å². The van der Waals surface area contributed by atoms with E-state index in [1.807, 2.05) is 41.2 Å². The lowest BCUT2D eigenvalue weighted by molar-refractivity contribution is -0.118. The maximum atomic E-state index is 12.0. The molecular formula is C20H21N3OS. The number of aromatic nitrogens is 2. The van der Waals surface area contributed by atoms with Crippen LogP contribution in [-0.4, -0.2) is 21.4 Å². The quantitative estimate of drug-likeness (QED) is 0.705. The zero-order valence-corrected chi connectivity index (χ0v) is 15.0. The largest absolute Gasteiger partial charge is 0.351 e. The Bertz CT molecular complexity index is 830. The van der Waals surface area contributed by atoms with Gasteiger partial charge in [-0.05, 0) is 24.6 Å². The molecule has 3 rings (SSSR count). The molecule has 1 amide bonds. The Morgan fingerprint density at radius 1 is 1.12 bits per heavy atom. The number of carbonyl (C=O) groups excluding carboxylic acids is 1. The molecule has 4 nitrogen and oxygen atoms in total. The van der Waals surface area contributed by atoms with Gasteiger partial charge in [-0.1, -0.05) is 48.0 Å². The van der Waals surface area contributed by atoms with E-state index in [1.165, 1.54) is 11.1 Å². The Kier molecular flexibility index (Phi) is 5.90. The lowest BCUT2D eigenvalue weighted by atomic mass is 10.2. The van der Waals surface area contributed by atoms with Crippen LogP contribution in [0, 0.1) is 6.92 Å². The summed E-state index contributed by atoms with van der Waals surface area (Å²) >= 11 is 1.63. The number of carbonyl (C=O) groups is 1. The van der Waals surface area contributed by atoms with Gasteiger partial charge in [-0.15, -0.1) is 11.8 Å². The highest BCUT2D eigenvalue weighted by atomic mass is 32.2. The third kappa shape index (κ3) is 5.22. The molecule has 0 unspecified atom stereocenters. The van der Waals surface area contributed by atoms with Crippen molar-refractivity contribution in [2.24, 2.45) is 0 Å². The summed E-state index contributed by atoms with van der Waals surface area (Å²) in [6.45, 7) is 2.58. The van der Waals surface area contributed by atoms with Crippen LogP contribution in [0.25, 0.3) is 5.69 Å². The van der Waals surface area contributed by atoms with Crippen LogP contribution in [0.5, 0.6) is 0 Å². The average Bonchev–Trinajstić information content (AvgIpc) is 3.10. The monoisotopic (exact) mass is 351 g/mol. The molecule has 0 radical (unpaired) electrons. The molecule has 0 aliphatic rings. The van der Waals surface area contributed by atoms with E-state index in [1.54, 1.807) is 18.0 Å². The Labute approximate surface area is 152 Å². The Balaban J connectivity index is 1.43. The minimum Gasteiger partial charge on any atom is -0.351 e. The van der Waals surface area contributed by atoms with E-state index in [0.717, 1.165) is 17.0 Å². The first-order chi connectivity index (χ1) is 12.2. The Morgan fingerprint density at radius 2 is 1.96 bits per heavy atom. The standard InChI is InChI=1S/C20H21N3OS/c1-16-6-5-7-17(10-16)14-25-15-20(24)21-11-18-12-22-23(13-18)19-8-3-2-4-9-19/h2-10,12-13H,11,14-15H2,1H3,(H,21,24). The number of rotatable bonds is 7. The van der Waals surface area contributed by atoms with E-state index in [-0.39, 0.29) is 5.91 Å². The summed E-state index contributed by atoms with van der Waals surface area (Å²) < 4.78 is 1.81. The first-order valence-corrected chi connectivity index (χ1v) is 9.35. The Hall–Kier alpha value is -2.53. The van der Waals surface area contributed by atoms with Crippen molar-refractivity contribution in [2.75, 3.05) is 5.75 Å². The number of benzene rings is 2. The highest BCUT2D eigenvalue weighted by molar-refractivity contribution is 7.99. The predicted molar refractivity (Wildman–Crippen MR) is 103 cm³/mol. The maximum absolute atomic E-state index is 12.0. The number of hydrogen-bond donors (Lipinski definition) is 1. The molecule has 1 heterocycles. The van der Waals surface area contributed by atoms with Crippen molar-refractivity contribution in [3.63, 3.8) is 0 Å². The fourth-order valence-electron chi connectivity index (χ4n) is 2.49. The SMILES string of the molecule is Cc1cccc(CSCC(=O)NCc2cnn(-c3ccccc3)c2)c1. The van der Waals surface area contributed by atoms with Crippen molar-refractivity contribution in [3.05, 3.63) is 83.7 Å². The van der Waals surface area contributed by atoms with Crippen LogP contribution >= 0.6 is 11.8 Å². The van der Waals surface area contributed by atoms with E-state index in [0.29, 0.717) is 12.3 Å². The minimum atomic E-state index is 0.0464. The molecule has 0 saturated heterocycles. The fraction of sp³-hybridized carbons (Fsp3) is 0.200. The molecule has 5 heteroatoms. The molecule has 1 aromatic heterocycles. The van der Waals surface area contributed by atoms with Gasteiger partial charge in [-0.2, -0.15) is 5.10 Å². The van der Waals surface area contributed by atoms with Gasteiger partial charge in [-0.3, -0.25) is 4.79 Å². The van der Waals surface area contributed by atoms with Gasteiger partial charge >= 0.3 is 0 Å². The number of amides is 1. The van der Waals surface area contributed by atoms with Crippen LogP contribution in [-0.2, 0) is 17.1 Å². The molecule has 0 saturated carbocycles. The van der Waals surface area contributed by atoms with Crippen LogP contribution in [0.15, 0.2) is 67.0 Å². The van der Waals surface area contributed by atoms with Crippen LogP contribution in [0.3, 0.4) is 0 Å². The number of para-hydroxylation sites is 1. The molecule has 1 N–H and O–H groups in total. The molecule has 3 aromatic rings. The number of nitrogens with one attached hydrogen (secondary N) is 1. The van der Waals surface area contributed by atoms with Crippen molar-refractivity contribution in [3.8, 4) is 5.69 Å². The summed E-state index contributed by atoms with van der Waals surface area (Å²) in [6, 6.07) is 18.3. The summed E-state index contributed by atoms with van der Waals surface area (Å²) in [6.07, 6.45) is 3.72. The molecule has 0 atom stereocenters. The van der Waals surface area contributed by atoms with Gasteiger partial charge in [0.15, 0.2) is 0 Å². The summed E-state index contributed by atoms with van der Waals surface area (Å²) in [7, 11) is 0. The zero-order chi connectivity index (χ0) is 17.5. The van der Waals surface area contributed by atoms with E-state index < -0.39 is 0 Å². The molecule has 0 spiro atoms.